The molecule has 0 bridgehead atoms. The molecule has 0 saturated heterocycles. The molecular weight excluding hydrogens is 167 g/mol. The van der Waals surface area contributed by atoms with Gasteiger partial charge in [0.05, 0.1) is 0 Å². The second-order valence-electron chi connectivity index (χ2n) is 3.94. The summed E-state index contributed by atoms with van der Waals surface area (Å²) in [5, 5.41) is 1.00. The van der Waals surface area contributed by atoms with Crippen molar-refractivity contribution in [3.8, 4) is 0 Å². The van der Waals surface area contributed by atoms with Crippen molar-refractivity contribution >= 4 is 14.1 Å². The lowest BCUT2D eigenvalue weighted by Gasteiger charge is -2.18. The van der Waals surface area contributed by atoms with Crippen LogP contribution in [-0.4, -0.2) is 4.89 Å². The lowest BCUT2D eigenvalue weighted by molar-refractivity contribution is 0.590. The van der Waals surface area contributed by atoms with Gasteiger partial charge in [0, 0.05) is 8.81 Å². The minimum Gasteiger partial charge on any atom is -0.372 e. The summed E-state index contributed by atoms with van der Waals surface area (Å²) < 4.78 is 0. The van der Waals surface area contributed by atoms with Crippen LogP contribution in [0.3, 0.4) is 0 Å². The van der Waals surface area contributed by atoms with Crippen LogP contribution < -0.4 is 5.30 Å². The first-order chi connectivity index (χ1) is 5.54. The van der Waals surface area contributed by atoms with Crippen LogP contribution in [0.5, 0.6) is 0 Å². The standard InChI is InChI=1S/C10H15OP/c1-10(2,3)8-4-6-9(12-11)7-5-8/h4-7,11-12H,1-3H3. The summed E-state index contributed by atoms with van der Waals surface area (Å²) in [7, 11) is -0.0902. The molecule has 66 valence electrons. The molecule has 0 heterocycles. The van der Waals surface area contributed by atoms with Crippen LogP contribution in [0, 0.1) is 0 Å². The Bertz CT molecular complexity index is 246. The smallest absolute Gasteiger partial charge is 0.0420 e. The summed E-state index contributed by atoms with van der Waals surface area (Å²) in [6.45, 7) is 6.55. The zero-order valence-corrected chi connectivity index (χ0v) is 8.76. The van der Waals surface area contributed by atoms with Crippen LogP contribution in [0.25, 0.3) is 0 Å². The summed E-state index contributed by atoms with van der Waals surface area (Å²) in [4.78, 5) is 8.86. The average molecular weight is 182 g/mol. The van der Waals surface area contributed by atoms with Gasteiger partial charge in [0.1, 0.15) is 0 Å². The summed E-state index contributed by atoms with van der Waals surface area (Å²) in [5.74, 6) is 0. The molecule has 0 aliphatic heterocycles. The van der Waals surface area contributed by atoms with E-state index in [0.29, 0.717) is 0 Å². The topological polar surface area (TPSA) is 20.2 Å². The average Bonchev–Trinajstić information content (AvgIpc) is 2.03. The zero-order valence-electron chi connectivity index (χ0n) is 7.76. The largest absolute Gasteiger partial charge is 0.372 e. The monoisotopic (exact) mass is 182 g/mol. The van der Waals surface area contributed by atoms with E-state index >= 15 is 0 Å². The molecule has 1 rings (SSSR count). The summed E-state index contributed by atoms with van der Waals surface area (Å²) >= 11 is 0. The molecule has 0 aliphatic carbocycles. The third-order valence-corrected chi connectivity index (χ3v) is 2.47. The Hall–Kier alpha value is -0.390. The normalized spacial score (nSPS) is 12.7. The van der Waals surface area contributed by atoms with Crippen molar-refractivity contribution in [1.82, 2.24) is 0 Å². The van der Waals surface area contributed by atoms with Crippen LogP contribution in [0.4, 0.5) is 0 Å². The molecule has 0 saturated carbocycles. The molecule has 1 atom stereocenters. The first-order valence-electron chi connectivity index (χ1n) is 4.04. The molecule has 1 nitrogen and oxygen atoms in total. The quantitative estimate of drug-likeness (QED) is 0.660. The van der Waals surface area contributed by atoms with E-state index in [4.69, 9.17) is 4.89 Å². The highest BCUT2D eigenvalue weighted by Gasteiger charge is 2.12. The second-order valence-corrected chi connectivity index (χ2v) is 4.74. The van der Waals surface area contributed by atoms with E-state index in [2.05, 4.69) is 32.9 Å². The van der Waals surface area contributed by atoms with Gasteiger partial charge in [-0.25, -0.2) is 0 Å². The SMILES string of the molecule is CC(C)(C)c1ccc(PO)cc1. The molecule has 0 radical (unpaired) electrons. The molecule has 1 aromatic rings. The Morgan fingerprint density at radius 2 is 1.58 bits per heavy atom. The second kappa shape index (κ2) is 3.55. The van der Waals surface area contributed by atoms with Crippen molar-refractivity contribution < 1.29 is 4.89 Å². The Labute approximate surface area is 75.7 Å². The Morgan fingerprint density at radius 1 is 1.08 bits per heavy atom. The van der Waals surface area contributed by atoms with Gasteiger partial charge in [-0.2, -0.15) is 0 Å². The van der Waals surface area contributed by atoms with Crippen LogP contribution >= 0.6 is 8.81 Å². The van der Waals surface area contributed by atoms with Gasteiger partial charge in [-0.05, 0) is 16.3 Å². The van der Waals surface area contributed by atoms with E-state index in [9.17, 15) is 0 Å². The number of rotatable bonds is 1. The molecule has 2 heteroatoms. The van der Waals surface area contributed by atoms with Crippen molar-refractivity contribution in [2.75, 3.05) is 0 Å². The fraction of sp³-hybridized carbons (Fsp3) is 0.400. The van der Waals surface area contributed by atoms with E-state index in [1.807, 2.05) is 12.1 Å². The maximum Gasteiger partial charge on any atom is 0.0420 e. The molecule has 0 aliphatic rings. The van der Waals surface area contributed by atoms with Crippen molar-refractivity contribution in [3.63, 3.8) is 0 Å². The van der Waals surface area contributed by atoms with Gasteiger partial charge >= 0.3 is 0 Å². The molecule has 0 amide bonds. The Morgan fingerprint density at radius 3 is 1.92 bits per heavy atom. The van der Waals surface area contributed by atoms with Crippen molar-refractivity contribution in [1.29, 1.82) is 0 Å². The van der Waals surface area contributed by atoms with E-state index < -0.39 is 0 Å². The van der Waals surface area contributed by atoms with Crippen LogP contribution in [-0.2, 0) is 5.41 Å². The minimum atomic E-state index is -0.0902. The number of hydrogen-bond donors (Lipinski definition) is 1. The van der Waals surface area contributed by atoms with Crippen molar-refractivity contribution in [2.24, 2.45) is 0 Å². The van der Waals surface area contributed by atoms with Gasteiger partial charge in [0.25, 0.3) is 0 Å². The number of hydrogen-bond acceptors (Lipinski definition) is 1. The van der Waals surface area contributed by atoms with E-state index in [-0.39, 0.29) is 14.2 Å². The fourth-order valence-corrected chi connectivity index (χ4v) is 1.36. The van der Waals surface area contributed by atoms with E-state index in [1.54, 1.807) is 0 Å². The van der Waals surface area contributed by atoms with Crippen molar-refractivity contribution in [3.05, 3.63) is 29.8 Å². The van der Waals surface area contributed by atoms with E-state index in [0.717, 1.165) is 5.30 Å². The third kappa shape index (κ3) is 2.30. The predicted molar refractivity (Wildman–Crippen MR) is 55.3 cm³/mol. The summed E-state index contributed by atoms with van der Waals surface area (Å²) in [5.41, 5.74) is 1.52. The Balaban J connectivity index is 2.93. The highest BCUT2D eigenvalue weighted by Crippen LogP contribution is 2.21. The summed E-state index contributed by atoms with van der Waals surface area (Å²) in [6.07, 6.45) is 0. The van der Waals surface area contributed by atoms with Gasteiger partial charge in [0.15, 0.2) is 0 Å². The maximum absolute atomic E-state index is 8.86. The Kier molecular flexibility index (Phi) is 2.87. The zero-order chi connectivity index (χ0) is 9.19. The molecule has 1 N–H and O–H groups in total. The van der Waals surface area contributed by atoms with E-state index in [1.165, 1.54) is 5.56 Å². The minimum absolute atomic E-state index is 0.0902. The van der Waals surface area contributed by atoms with Crippen LogP contribution in [0.2, 0.25) is 0 Å². The van der Waals surface area contributed by atoms with Gasteiger partial charge in [-0.1, -0.05) is 45.0 Å². The fourth-order valence-electron chi connectivity index (χ4n) is 1.04. The van der Waals surface area contributed by atoms with Crippen molar-refractivity contribution in [2.45, 2.75) is 26.2 Å². The summed E-state index contributed by atoms with van der Waals surface area (Å²) in [6, 6.07) is 8.13. The molecule has 0 aromatic heterocycles. The first-order valence-corrected chi connectivity index (χ1v) is 4.99. The molecule has 1 unspecified atom stereocenters. The highest BCUT2D eigenvalue weighted by molar-refractivity contribution is 7.40. The molecular formula is C10H15OP. The molecule has 0 fully saturated rings. The molecule has 0 spiro atoms. The van der Waals surface area contributed by atoms with Gasteiger partial charge in [-0.3, -0.25) is 0 Å². The molecule has 1 aromatic carbocycles. The number of benzene rings is 1. The lowest BCUT2D eigenvalue weighted by atomic mass is 9.87. The third-order valence-electron chi connectivity index (χ3n) is 1.88. The van der Waals surface area contributed by atoms with Gasteiger partial charge < -0.3 is 4.89 Å². The lowest BCUT2D eigenvalue weighted by Crippen LogP contribution is -2.11. The predicted octanol–water partition coefficient (Wildman–Crippen LogP) is 2.20. The van der Waals surface area contributed by atoms with Crippen LogP contribution in [0.15, 0.2) is 24.3 Å². The van der Waals surface area contributed by atoms with Gasteiger partial charge in [0.2, 0.25) is 0 Å². The highest BCUT2D eigenvalue weighted by atomic mass is 31.1. The molecule has 12 heavy (non-hydrogen) atoms. The van der Waals surface area contributed by atoms with Crippen LogP contribution in [0.1, 0.15) is 26.3 Å². The maximum atomic E-state index is 8.86. The van der Waals surface area contributed by atoms with Gasteiger partial charge in [-0.15, -0.1) is 0 Å². The first kappa shape index (κ1) is 9.70.